The molecule has 1 amide bonds. The van der Waals surface area contributed by atoms with Crippen molar-refractivity contribution in [1.82, 2.24) is 10.3 Å². The summed E-state index contributed by atoms with van der Waals surface area (Å²) in [6, 6.07) is 9.79. The van der Waals surface area contributed by atoms with Gasteiger partial charge in [0.15, 0.2) is 0 Å². The number of hydrogen-bond acceptors (Lipinski definition) is 3. The predicted octanol–water partition coefficient (Wildman–Crippen LogP) is 3.01. The van der Waals surface area contributed by atoms with Gasteiger partial charge in [-0.2, -0.15) is 0 Å². The highest BCUT2D eigenvalue weighted by Crippen LogP contribution is 2.12. The summed E-state index contributed by atoms with van der Waals surface area (Å²) in [5, 5.41) is 2.77. The molecule has 104 valence electrons. The van der Waals surface area contributed by atoms with Gasteiger partial charge < -0.3 is 9.73 Å². The molecule has 2 aromatic rings. The number of allylic oxidation sites excluding steroid dienone is 1. The first kappa shape index (κ1) is 14.1. The van der Waals surface area contributed by atoms with Crippen LogP contribution in [-0.2, 0) is 11.3 Å². The number of benzene rings is 1. The molecule has 2 rings (SSSR count). The van der Waals surface area contributed by atoms with Gasteiger partial charge in [0.05, 0.1) is 12.2 Å². The van der Waals surface area contributed by atoms with E-state index in [-0.39, 0.29) is 5.91 Å². The molecule has 20 heavy (non-hydrogen) atoms. The second-order valence-electron chi connectivity index (χ2n) is 4.66. The summed E-state index contributed by atoms with van der Waals surface area (Å²) in [5.74, 6) is 1.16. The minimum atomic E-state index is -0.153. The maximum absolute atomic E-state index is 11.8. The molecule has 0 saturated carbocycles. The second kappa shape index (κ2) is 6.19. The van der Waals surface area contributed by atoms with Gasteiger partial charge in [0.1, 0.15) is 5.76 Å². The molecule has 0 aliphatic rings. The van der Waals surface area contributed by atoms with Gasteiger partial charge in [-0.1, -0.05) is 30.3 Å². The molecule has 0 aliphatic carbocycles. The molecule has 1 N–H and O–H groups in total. The Bertz CT molecular complexity index is 608. The molecule has 1 heterocycles. The van der Waals surface area contributed by atoms with Crippen molar-refractivity contribution in [3.05, 3.63) is 59.3 Å². The van der Waals surface area contributed by atoms with E-state index >= 15 is 0 Å². The summed E-state index contributed by atoms with van der Waals surface area (Å²) in [4.78, 5) is 16.1. The van der Waals surface area contributed by atoms with Crippen molar-refractivity contribution in [2.75, 3.05) is 0 Å². The smallest absolute Gasteiger partial charge is 0.244 e. The average molecular weight is 270 g/mol. The van der Waals surface area contributed by atoms with Crippen molar-refractivity contribution in [2.24, 2.45) is 0 Å². The zero-order valence-corrected chi connectivity index (χ0v) is 11.9. The van der Waals surface area contributed by atoms with Crippen molar-refractivity contribution in [3.8, 4) is 0 Å². The van der Waals surface area contributed by atoms with Crippen LogP contribution in [0.25, 0.3) is 5.57 Å². The Morgan fingerprint density at radius 3 is 2.60 bits per heavy atom. The van der Waals surface area contributed by atoms with Gasteiger partial charge >= 0.3 is 0 Å². The van der Waals surface area contributed by atoms with Gasteiger partial charge in [0, 0.05) is 6.08 Å². The Balaban J connectivity index is 1.95. The summed E-state index contributed by atoms with van der Waals surface area (Å²) in [6.45, 7) is 5.94. The fraction of sp³-hybridized carbons (Fsp3) is 0.250. The second-order valence-corrected chi connectivity index (χ2v) is 4.66. The van der Waals surface area contributed by atoms with E-state index in [1.54, 1.807) is 6.08 Å². The van der Waals surface area contributed by atoms with Crippen LogP contribution in [0.4, 0.5) is 0 Å². The molecular formula is C16H18N2O2. The van der Waals surface area contributed by atoms with E-state index in [0.717, 1.165) is 22.6 Å². The van der Waals surface area contributed by atoms with Gasteiger partial charge in [-0.05, 0) is 31.9 Å². The number of carbonyl (C=O) groups excluding carboxylic acids is 1. The first-order valence-electron chi connectivity index (χ1n) is 6.50. The summed E-state index contributed by atoms with van der Waals surface area (Å²) >= 11 is 0. The van der Waals surface area contributed by atoms with Crippen molar-refractivity contribution >= 4 is 11.5 Å². The standard InChI is InChI=1S/C16H18N2O2/c1-11(14-7-5-4-6-8-14)9-15(19)17-10-16-18-12(2)13(3)20-16/h4-9H,10H2,1-3H3,(H,17,19)/b11-9-. The SMILES string of the molecule is C/C(=C/C(=O)NCc1nc(C)c(C)o1)c1ccccc1. The lowest BCUT2D eigenvalue weighted by atomic mass is 10.1. The first-order chi connectivity index (χ1) is 9.56. The predicted molar refractivity (Wildman–Crippen MR) is 77.9 cm³/mol. The van der Waals surface area contributed by atoms with Crippen LogP contribution in [0.2, 0.25) is 0 Å². The number of rotatable bonds is 4. The lowest BCUT2D eigenvalue weighted by Gasteiger charge is -2.02. The van der Waals surface area contributed by atoms with Crippen molar-refractivity contribution < 1.29 is 9.21 Å². The fourth-order valence-corrected chi connectivity index (χ4v) is 1.81. The number of hydrogen-bond donors (Lipinski definition) is 1. The molecular weight excluding hydrogens is 252 g/mol. The van der Waals surface area contributed by atoms with Crippen LogP contribution in [0, 0.1) is 13.8 Å². The normalized spacial score (nSPS) is 11.4. The highest BCUT2D eigenvalue weighted by molar-refractivity contribution is 5.94. The van der Waals surface area contributed by atoms with Gasteiger partial charge in [0.25, 0.3) is 0 Å². The molecule has 0 atom stereocenters. The Hall–Kier alpha value is -2.36. The fourth-order valence-electron chi connectivity index (χ4n) is 1.81. The Kier molecular flexibility index (Phi) is 4.35. The maximum Gasteiger partial charge on any atom is 0.244 e. The van der Waals surface area contributed by atoms with E-state index in [1.807, 2.05) is 51.1 Å². The minimum Gasteiger partial charge on any atom is -0.444 e. The van der Waals surface area contributed by atoms with Crippen LogP contribution in [0.1, 0.15) is 29.8 Å². The number of nitrogens with one attached hydrogen (secondary N) is 1. The van der Waals surface area contributed by atoms with Crippen LogP contribution < -0.4 is 5.32 Å². The quantitative estimate of drug-likeness (QED) is 0.869. The molecule has 0 radical (unpaired) electrons. The monoisotopic (exact) mass is 270 g/mol. The maximum atomic E-state index is 11.8. The van der Waals surface area contributed by atoms with E-state index in [2.05, 4.69) is 10.3 Å². The zero-order valence-electron chi connectivity index (χ0n) is 11.9. The number of oxazole rings is 1. The Labute approximate surface area is 118 Å². The highest BCUT2D eigenvalue weighted by Gasteiger charge is 2.06. The molecule has 1 aromatic carbocycles. The third kappa shape index (κ3) is 3.57. The van der Waals surface area contributed by atoms with Gasteiger partial charge in [-0.15, -0.1) is 0 Å². The zero-order chi connectivity index (χ0) is 14.5. The molecule has 4 nitrogen and oxygen atoms in total. The molecule has 0 aliphatic heterocycles. The summed E-state index contributed by atoms with van der Waals surface area (Å²) < 4.78 is 5.41. The first-order valence-corrected chi connectivity index (χ1v) is 6.50. The topological polar surface area (TPSA) is 55.1 Å². The van der Waals surface area contributed by atoms with Crippen molar-refractivity contribution in [1.29, 1.82) is 0 Å². The molecule has 0 fully saturated rings. The van der Waals surface area contributed by atoms with Crippen molar-refractivity contribution in [2.45, 2.75) is 27.3 Å². The number of aryl methyl sites for hydroxylation is 2. The summed E-state index contributed by atoms with van der Waals surface area (Å²) in [5.41, 5.74) is 2.80. The summed E-state index contributed by atoms with van der Waals surface area (Å²) in [7, 11) is 0. The van der Waals surface area contributed by atoms with Gasteiger partial charge in [0.2, 0.25) is 11.8 Å². The Morgan fingerprint density at radius 2 is 2.00 bits per heavy atom. The van der Waals surface area contributed by atoms with Crippen LogP contribution in [0.15, 0.2) is 40.8 Å². The van der Waals surface area contributed by atoms with Crippen LogP contribution in [0.3, 0.4) is 0 Å². The number of nitrogens with zero attached hydrogens (tertiary/aromatic N) is 1. The lowest BCUT2D eigenvalue weighted by molar-refractivity contribution is -0.116. The van der Waals surface area contributed by atoms with Crippen LogP contribution >= 0.6 is 0 Å². The third-order valence-corrected chi connectivity index (χ3v) is 3.06. The molecule has 0 unspecified atom stereocenters. The van der Waals surface area contributed by atoms with E-state index in [0.29, 0.717) is 12.4 Å². The Morgan fingerprint density at radius 1 is 1.30 bits per heavy atom. The van der Waals surface area contributed by atoms with E-state index in [4.69, 9.17) is 4.42 Å². The highest BCUT2D eigenvalue weighted by atomic mass is 16.4. The van der Waals surface area contributed by atoms with Gasteiger partial charge in [-0.3, -0.25) is 4.79 Å². The average Bonchev–Trinajstić information content (AvgIpc) is 2.76. The number of amides is 1. The molecule has 0 bridgehead atoms. The number of aromatic nitrogens is 1. The molecule has 1 aromatic heterocycles. The molecule has 0 saturated heterocycles. The van der Waals surface area contributed by atoms with Gasteiger partial charge in [-0.25, -0.2) is 4.98 Å². The lowest BCUT2D eigenvalue weighted by Crippen LogP contribution is -2.20. The largest absolute Gasteiger partial charge is 0.444 e. The van der Waals surface area contributed by atoms with Crippen molar-refractivity contribution in [3.63, 3.8) is 0 Å². The van der Waals surface area contributed by atoms with Crippen LogP contribution in [-0.4, -0.2) is 10.9 Å². The van der Waals surface area contributed by atoms with E-state index < -0.39 is 0 Å². The molecule has 0 spiro atoms. The number of carbonyl (C=O) groups is 1. The minimum absolute atomic E-state index is 0.153. The van der Waals surface area contributed by atoms with Crippen LogP contribution in [0.5, 0.6) is 0 Å². The summed E-state index contributed by atoms with van der Waals surface area (Å²) in [6.07, 6.45) is 1.58. The van der Waals surface area contributed by atoms with E-state index in [9.17, 15) is 4.79 Å². The third-order valence-electron chi connectivity index (χ3n) is 3.06. The molecule has 4 heteroatoms. The van der Waals surface area contributed by atoms with E-state index in [1.165, 1.54) is 0 Å².